The first-order valence-corrected chi connectivity index (χ1v) is 9.90. The van der Waals surface area contributed by atoms with E-state index in [0.29, 0.717) is 17.2 Å². The molecule has 10 nitrogen and oxygen atoms in total. The zero-order valence-corrected chi connectivity index (χ0v) is 14.8. The van der Waals surface area contributed by atoms with Crippen LogP contribution in [0.15, 0.2) is 33.0 Å². The van der Waals surface area contributed by atoms with Crippen LogP contribution in [0.1, 0.15) is 22.9 Å². The summed E-state index contributed by atoms with van der Waals surface area (Å²) < 4.78 is 41.8. The molecule has 26 heavy (non-hydrogen) atoms. The third kappa shape index (κ3) is 4.30. The second-order valence-electron chi connectivity index (χ2n) is 5.40. The molecule has 0 spiro atoms. The number of amidine groups is 1. The van der Waals surface area contributed by atoms with E-state index >= 15 is 0 Å². The van der Waals surface area contributed by atoms with E-state index in [0.717, 1.165) is 22.9 Å². The zero-order chi connectivity index (χ0) is 18.7. The maximum atomic E-state index is 13.4. The summed E-state index contributed by atoms with van der Waals surface area (Å²) >= 11 is 1.14. The molecule has 0 fully saturated rings. The van der Waals surface area contributed by atoms with Crippen LogP contribution in [-0.4, -0.2) is 42.1 Å². The average molecular weight is 402 g/mol. The minimum absolute atomic E-state index is 0.0214. The highest BCUT2D eigenvalue weighted by Gasteiger charge is 2.29. The van der Waals surface area contributed by atoms with Crippen LogP contribution in [0.2, 0.25) is 0 Å². The predicted octanol–water partition coefficient (Wildman–Crippen LogP) is 0.117. The molecular formula is C13H15FN6O4S2. The quantitative estimate of drug-likeness (QED) is 0.127. The standard InChI is InChI=1S/C13H15FN6O4S2/c14-8-2-1-7-5-10(9(7)6-8)17-12(18-21)11-13(20-24-19-11)25-4-3-16-26(15,22)23/h1-2,6,10,16,21H,3-5H2,(H,17,18)(H2,15,22,23). The Morgan fingerprint density at radius 1 is 1.50 bits per heavy atom. The van der Waals surface area contributed by atoms with Crippen LogP contribution < -0.4 is 15.2 Å². The first kappa shape index (κ1) is 18.6. The van der Waals surface area contributed by atoms with E-state index in [4.69, 9.17) is 5.14 Å². The van der Waals surface area contributed by atoms with Crippen molar-refractivity contribution in [2.24, 2.45) is 10.3 Å². The van der Waals surface area contributed by atoms with Crippen molar-refractivity contribution in [3.63, 3.8) is 0 Å². The Bertz CT molecular complexity index is 932. The number of benzene rings is 1. The first-order chi connectivity index (χ1) is 12.4. The van der Waals surface area contributed by atoms with Crippen LogP contribution in [0.3, 0.4) is 0 Å². The third-order valence-corrected chi connectivity index (χ3v) is 5.20. The molecular weight excluding hydrogens is 387 g/mol. The van der Waals surface area contributed by atoms with Crippen molar-refractivity contribution in [3.05, 3.63) is 40.8 Å². The van der Waals surface area contributed by atoms with E-state index < -0.39 is 10.2 Å². The Balaban J connectivity index is 1.64. The molecule has 1 heterocycles. The molecule has 0 aliphatic heterocycles. The number of nitrogens with two attached hydrogens (primary N) is 1. The summed E-state index contributed by atoms with van der Waals surface area (Å²) in [6.45, 7) is 0.0735. The van der Waals surface area contributed by atoms with Crippen LogP contribution >= 0.6 is 11.8 Å². The Kier molecular flexibility index (Phi) is 5.41. The molecule has 1 unspecified atom stereocenters. The zero-order valence-electron chi connectivity index (χ0n) is 13.2. The number of aromatic nitrogens is 2. The number of hydrogen-bond acceptors (Lipinski definition) is 8. The van der Waals surface area contributed by atoms with Gasteiger partial charge < -0.3 is 10.5 Å². The topological polar surface area (TPSA) is 156 Å². The lowest BCUT2D eigenvalue weighted by Gasteiger charge is -2.31. The van der Waals surface area contributed by atoms with Gasteiger partial charge in [0.25, 0.3) is 10.2 Å². The van der Waals surface area contributed by atoms with Gasteiger partial charge >= 0.3 is 0 Å². The van der Waals surface area contributed by atoms with Gasteiger partial charge in [0.05, 0.1) is 6.04 Å². The smallest absolute Gasteiger partial charge is 0.274 e. The summed E-state index contributed by atoms with van der Waals surface area (Å²) in [5.74, 6) is -0.0270. The first-order valence-electron chi connectivity index (χ1n) is 7.37. The second kappa shape index (κ2) is 7.57. The van der Waals surface area contributed by atoms with Gasteiger partial charge in [-0.15, -0.1) is 0 Å². The normalized spacial score (nSPS) is 16.8. The number of hydrogen-bond donors (Lipinski definition) is 4. The number of thioether (sulfide) groups is 1. The molecule has 0 radical (unpaired) electrons. The fourth-order valence-corrected chi connectivity index (χ4v) is 3.73. The number of rotatable bonds is 7. The summed E-state index contributed by atoms with van der Waals surface area (Å²) in [5.41, 5.74) is 1.94. The highest BCUT2D eigenvalue weighted by Crippen LogP contribution is 2.34. The minimum Gasteiger partial charge on any atom is -0.409 e. The van der Waals surface area contributed by atoms with Gasteiger partial charge in [-0.2, -0.15) is 8.42 Å². The van der Waals surface area contributed by atoms with Gasteiger partial charge in [-0.05, 0) is 40.0 Å². The van der Waals surface area contributed by atoms with Crippen molar-refractivity contribution in [1.29, 1.82) is 0 Å². The lowest BCUT2D eigenvalue weighted by molar-refractivity contribution is 0.296. The van der Waals surface area contributed by atoms with Crippen LogP contribution in [0.25, 0.3) is 0 Å². The Morgan fingerprint density at radius 3 is 3.04 bits per heavy atom. The molecule has 140 valence electrons. The van der Waals surface area contributed by atoms with Crippen molar-refractivity contribution >= 4 is 27.8 Å². The molecule has 0 saturated heterocycles. The van der Waals surface area contributed by atoms with Gasteiger partial charge in [0, 0.05) is 12.3 Å². The van der Waals surface area contributed by atoms with Crippen LogP contribution in [0, 0.1) is 5.82 Å². The van der Waals surface area contributed by atoms with E-state index in [2.05, 4.69) is 30.1 Å². The Hall–Kier alpha value is -2.22. The molecule has 5 N–H and O–H groups in total. The summed E-state index contributed by atoms with van der Waals surface area (Å²) in [7, 11) is -3.77. The molecule has 0 saturated carbocycles. The van der Waals surface area contributed by atoms with E-state index in [1.54, 1.807) is 6.07 Å². The SMILES string of the molecule is NS(=O)(=O)NCCSc1nonc1C(=NO)NC1Cc2ccc(F)cc21. The highest BCUT2D eigenvalue weighted by atomic mass is 32.2. The summed E-state index contributed by atoms with van der Waals surface area (Å²) in [5, 5.41) is 28.0. The lowest BCUT2D eigenvalue weighted by Crippen LogP contribution is -2.36. The predicted molar refractivity (Wildman–Crippen MR) is 90.4 cm³/mol. The van der Waals surface area contributed by atoms with E-state index in [1.165, 1.54) is 12.1 Å². The van der Waals surface area contributed by atoms with Crippen LogP contribution in [-0.2, 0) is 16.6 Å². The number of oxime groups is 1. The van der Waals surface area contributed by atoms with Crippen LogP contribution in [0.5, 0.6) is 0 Å². The molecule has 1 aromatic carbocycles. The molecule has 3 rings (SSSR count). The van der Waals surface area contributed by atoms with Crippen molar-refractivity contribution in [1.82, 2.24) is 20.4 Å². The number of halogens is 1. The molecule has 1 atom stereocenters. The van der Waals surface area contributed by atoms with Crippen molar-refractivity contribution in [3.8, 4) is 0 Å². The Morgan fingerprint density at radius 2 is 2.31 bits per heavy atom. The summed E-state index contributed by atoms with van der Waals surface area (Å²) in [4.78, 5) is 0. The van der Waals surface area contributed by atoms with Crippen LogP contribution in [0.4, 0.5) is 4.39 Å². The van der Waals surface area contributed by atoms with Gasteiger partial charge in [-0.1, -0.05) is 23.0 Å². The molecule has 0 amide bonds. The number of nitrogens with one attached hydrogen (secondary N) is 2. The van der Waals surface area contributed by atoms with Crippen molar-refractivity contribution in [2.45, 2.75) is 17.5 Å². The average Bonchev–Trinajstić information content (AvgIpc) is 3.02. The monoisotopic (exact) mass is 402 g/mol. The third-order valence-electron chi connectivity index (χ3n) is 3.65. The lowest BCUT2D eigenvalue weighted by atomic mass is 9.83. The molecule has 1 aliphatic rings. The van der Waals surface area contributed by atoms with Gasteiger partial charge in [-0.3, -0.25) is 0 Å². The van der Waals surface area contributed by atoms with Crippen molar-refractivity contribution < 1.29 is 22.6 Å². The second-order valence-corrected chi connectivity index (χ2v) is 7.86. The Labute approximate surface area is 152 Å². The fraction of sp³-hybridized carbons (Fsp3) is 0.308. The number of fused-ring (bicyclic) bond motifs is 1. The molecule has 1 aromatic heterocycles. The molecule has 2 aromatic rings. The summed E-state index contributed by atoms with van der Waals surface area (Å²) in [6.07, 6.45) is 0.640. The maximum Gasteiger partial charge on any atom is 0.274 e. The van der Waals surface area contributed by atoms with Gasteiger partial charge in [0.2, 0.25) is 0 Å². The number of nitrogens with zero attached hydrogens (tertiary/aromatic N) is 3. The minimum atomic E-state index is -3.77. The van der Waals surface area contributed by atoms with E-state index in [9.17, 15) is 18.0 Å². The van der Waals surface area contributed by atoms with Gasteiger partial charge in [0.1, 0.15) is 5.82 Å². The van der Waals surface area contributed by atoms with E-state index in [-0.39, 0.29) is 29.9 Å². The molecule has 0 bridgehead atoms. The summed E-state index contributed by atoms with van der Waals surface area (Å²) in [6, 6.07) is 4.28. The molecule has 1 aliphatic carbocycles. The van der Waals surface area contributed by atoms with Gasteiger partial charge in [0.15, 0.2) is 16.6 Å². The maximum absolute atomic E-state index is 13.4. The largest absolute Gasteiger partial charge is 0.409 e. The fourth-order valence-electron chi connectivity index (χ4n) is 2.46. The molecule has 13 heteroatoms. The van der Waals surface area contributed by atoms with E-state index in [1.807, 2.05) is 0 Å². The van der Waals surface area contributed by atoms with Gasteiger partial charge in [-0.25, -0.2) is 18.9 Å². The highest BCUT2D eigenvalue weighted by molar-refractivity contribution is 7.99. The van der Waals surface area contributed by atoms with Crippen molar-refractivity contribution in [2.75, 3.05) is 12.3 Å².